The number of likely N-dealkylation sites (tertiary alicyclic amines) is 1. The summed E-state index contributed by atoms with van der Waals surface area (Å²) in [4.78, 5) is 13.3. The molecule has 5 heteroatoms. The first-order valence-corrected chi connectivity index (χ1v) is 7.31. The van der Waals surface area contributed by atoms with Crippen LogP contribution < -0.4 is 0 Å². The van der Waals surface area contributed by atoms with E-state index in [-0.39, 0.29) is 16.0 Å². The lowest BCUT2D eigenvalue weighted by atomic mass is 10.3. The number of carbonyl (C=O) groups excluding carboxylic acids is 1. The Morgan fingerprint density at radius 3 is 2.79 bits per heavy atom. The molecule has 3 nitrogen and oxygen atoms in total. The van der Waals surface area contributed by atoms with E-state index in [1.165, 1.54) is 0 Å². The average Bonchev–Trinajstić information content (AvgIpc) is 2.44. The van der Waals surface area contributed by atoms with E-state index in [9.17, 15) is 9.00 Å². The standard InChI is InChI=1S/C9H16BrNO2S/c1-7(14(2)13)3-5-11-6-4-8(10)9(11)12/h7-8H,3-6H2,1-2H3. The van der Waals surface area contributed by atoms with Crippen molar-refractivity contribution in [1.82, 2.24) is 4.90 Å². The van der Waals surface area contributed by atoms with Gasteiger partial charge in [0.15, 0.2) is 0 Å². The first kappa shape index (κ1) is 12.2. The van der Waals surface area contributed by atoms with Gasteiger partial charge in [-0.1, -0.05) is 22.9 Å². The quantitative estimate of drug-likeness (QED) is 0.725. The maximum Gasteiger partial charge on any atom is 0.236 e. The van der Waals surface area contributed by atoms with Crippen LogP contribution in [0, 0.1) is 0 Å². The van der Waals surface area contributed by atoms with Crippen molar-refractivity contribution in [1.29, 1.82) is 0 Å². The maximum atomic E-state index is 11.5. The van der Waals surface area contributed by atoms with Crippen molar-refractivity contribution < 1.29 is 9.00 Å². The molecular weight excluding hydrogens is 266 g/mol. The Bertz CT molecular complexity index is 247. The molecule has 1 rings (SSSR count). The first-order valence-electron chi connectivity index (χ1n) is 4.77. The molecule has 1 heterocycles. The Balaban J connectivity index is 2.32. The van der Waals surface area contributed by atoms with Crippen molar-refractivity contribution in [3.63, 3.8) is 0 Å². The van der Waals surface area contributed by atoms with Gasteiger partial charge in [0, 0.05) is 35.4 Å². The smallest absolute Gasteiger partial charge is 0.236 e. The number of hydrogen-bond donors (Lipinski definition) is 0. The molecule has 0 N–H and O–H groups in total. The van der Waals surface area contributed by atoms with E-state index < -0.39 is 10.8 Å². The van der Waals surface area contributed by atoms with Crippen LogP contribution in [0.3, 0.4) is 0 Å². The van der Waals surface area contributed by atoms with Crippen LogP contribution in [-0.2, 0) is 15.6 Å². The zero-order valence-corrected chi connectivity index (χ0v) is 10.9. The van der Waals surface area contributed by atoms with Gasteiger partial charge in [0.2, 0.25) is 5.91 Å². The lowest BCUT2D eigenvalue weighted by Gasteiger charge is -2.17. The third-order valence-electron chi connectivity index (χ3n) is 2.60. The highest BCUT2D eigenvalue weighted by Gasteiger charge is 2.29. The van der Waals surface area contributed by atoms with Crippen LogP contribution in [0.5, 0.6) is 0 Å². The molecule has 0 aromatic carbocycles. The predicted molar refractivity (Wildman–Crippen MR) is 62.1 cm³/mol. The molecule has 82 valence electrons. The minimum Gasteiger partial charge on any atom is -0.342 e. The summed E-state index contributed by atoms with van der Waals surface area (Å²) >= 11 is 3.33. The zero-order chi connectivity index (χ0) is 10.7. The van der Waals surface area contributed by atoms with Gasteiger partial charge in [0.05, 0.1) is 4.83 Å². The molecule has 0 aliphatic carbocycles. The highest BCUT2D eigenvalue weighted by Crippen LogP contribution is 2.18. The molecule has 14 heavy (non-hydrogen) atoms. The molecule has 3 atom stereocenters. The Morgan fingerprint density at radius 1 is 1.71 bits per heavy atom. The topological polar surface area (TPSA) is 37.4 Å². The minimum atomic E-state index is -0.780. The number of hydrogen-bond acceptors (Lipinski definition) is 2. The van der Waals surface area contributed by atoms with E-state index in [0.29, 0.717) is 0 Å². The third-order valence-corrected chi connectivity index (χ3v) is 4.82. The van der Waals surface area contributed by atoms with Crippen molar-refractivity contribution in [2.45, 2.75) is 29.8 Å². The third kappa shape index (κ3) is 3.05. The number of amides is 1. The van der Waals surface area contributed by atoms with Gasteiger partial charge < -0.3 is 4.90 Å². The summed E-state index contributed by atoms with van der Waals surface area (Å²) in [7, 11) is -0.780. The molecule has 0 spiro atoms. The molecule has 0 bridgehead atoms. The molecule has 3 unspecified atom stereocenters. The second kappa shape index (κ2) is 5.26. The van der Waals surface area contributed by atoms with Crippen LogP contribution in [0.4, 0.5) is 0 Å². The monoisotopic (exact) mass is 281 g/mol. The fraction of sp³-hybridized carbons (Fsp3) is 0.889. The van der Waals surface area contributed by atoms with Gasteiger partial charge in [-0.15, -0.1) is 0 Å². The molecule has 1 aliphatic rings. The lowest BCUT2D eigenvalue weighted by Crippen LogP contribution is -2.30. The summed E-state index contributed by atoms with van der Waals surface area (Å²) in [6, 6.07) is 0. The van der Waals surface area contributed by atoms with Crippen LogP contribution in [0.2, 0.25) is 0 Å². The Morgan fingerprint density at radius 2 is 2.36 bits per heavy atom. The summed E-state index contributed by atoms with van der Waals surface area (Å²) in [5, 5.41) is 0.178. The molecule has 0 aromatic rings. The van der Waals surface area contributed by atoms with Crippen LogP contribution in [0.15, 0.2) is 0 Å². The normalized spacial score (nSPS) is 26.6. The van der Waals surface area contributed by atoms with Crippen molar-refractivity contribution in [3.05, 3.63) is 0 Å². The second-order valence-electron chi connectivity index (χ2n) is 3.68. The highest BCUT2D eigenvalue weighted by atomic mass is 79.9. The van der Waals surface area contributed by atoms with Gasteiger partial charge in [0.1, 0.15) is 0 Å². The van der Waals surface area contributed by atoms with E-state index in [1.807, 2.05) is 11.8 Å². The zero-order valence-electron chi connectivity index (χ0n) is 8.53. The number of rotatable bonds is 4. The summed E-state index contributed by atoms with van der Waals surface area (Å²) < 4.78 is 11.1. The summed E-state index contributed by atoms with van der Waals surface area (Å²) in [5.74, 6) is 0.180. The minimum absolute atomic E-state index is 0.00456. The number of alkyl halides is 1. The van der Waals surface area contributed by atoms with Gasteiger partial charge in [-0.2, -0.15) is 0 Å². The Labute approximate surface area is 95.8 Å². The summed E-state index contributed by atoms with van der Waals surface area (Å²) in [5.41, 5.74) is 0. The van der Waals surface area contributed by atoms with Crippen molar-refractivity contribution in [2.75, 3.05) is 19.3 Å². The molecule has 1 fully saturated rings. The van der Waals surface area contributed by atoms with E-state index in [1.54, 1.807) is 6.26 Å². The molecular formula is C9H16BrNO2S. The number of carbonyl (C=O) groups is 1. The van der Waals surface area contributed by atoms with E-state index >= 15 is 0 Å². The molecule has 1 aliphatic heterocycles. The van der Waals surface area contributed by atoms with E-state index in [2.05, 4.69) is 15.9 Å². The highest BCUT2D eigenvalue weighted by molar-refractivity contribution is 9.10. The van der Waals surface area contributed by atoms with Gasteiger partial charge in [0.25, 0.3) is 0 Å². The van der Waals surface area contributed by atoms with Crippen molar-refractivity contribution in [2.24, 2.45) is 0 Å². The van der Waals surface area contributed by atoms with Gasteiger partial charge in [-0.3, -0.25) is 9.00 Å². The fourth-order valence-electron chi connectivity index (χ4n) is 1.43. The molecule has 0 aromatic heterocycles. The molecule has 0 saturated carbocycles. The predicted octanol–water partition coefficient (Wildman–Crippen LogP) is 1.14. The van der Waals surface area contributed by atoms with Crippen LogP contribution in [0.25, 0.3) is 0 Å². The SMILES string of the molecule is CC(CCN1CCC(Br)C1=O)S(C)=O. The molecule has 1 amide bonds. The average molecular weight is 282 g/mol. The van der Waals surface area contributed by atoms with Crippen LogP contribution >= 0.6 is 15.9 Å². The summed E-state index contributed by atoms with van der Waals surface area (Å²) in [6.45, 7) is 3.53. The van der Waals surface area contributed by atoms with Crippen LogP contribution in [0.1, 0.15) is 19.8 Å². The van der Waals surface area contributed by atoms with Gasteiger partial charge in [-0.25, -0.2) is 0 Å². The van der Waals surface area contributed by atoms with E-state index in [4.69, 9.17) is 0 Å². The van der Waals surface area contributed by atoms with Crippen molar-refractivity contribution in [3.8, 4) is 0 Å². The van der Waals surface area contributed by atoms with E-state index in [0.717, 1.165) is 25.9 Å². The largest absolute Gasteiger partial charge is 0.342 e. The fourth-order valence-corrected chi connectivity index (χ4v) is 2.36. The molecule has 1 saturated heterocycles. The second-order valence-corrected chi connectivity index (χ2v) is 6.59. The summed E-state index contributed by atoms with van der Waals surface area (Å²) in [6.07, 6.45) is 3.43. The molecule has 0 radical (unpaired) electrons. The number of nitrogens with zero attached hydrogens (tertiary/aromatic N) is 1. The lowest BCUT2D eigenvalue weighted by molar-refractivity contribution is -0.127. The Hall–Kier alpha value is 0.1000. The maximum absolute atomic E-state index is 11.5. The number of halogens is 1. The Kier molecular flexibility index (Phi) is 4.57. The van der Waals surface area contributed by atoms with Crippen LogP contribution in [-0.4, -0.2) is 44.4 Å². The van der Waals surface area contributed by atoms with Gasteiger partial charge in [-0.05, 0) is 12.8 Å². The van der Waals surface area contributed by atoms with Gasteiger partial charge >= 0.3 is 0 Å². The van der Waals surface area contributed by atoms with Crippen molar-refractivity contribution >= 4 is 32.6 Å². The first-order chi connectivity index (χ1) is 6.52.